The summed E-state index contributed by atoms with van der Waals surface area (Å²) in [6.07, 6.45) is 1.93. The Kier molecular flexibility index (Phi) is 5.11. The van der Waals surface area contributed by atoms with Crippen LogP contribution in [0.3, 0.4) is 0 Å². The first kappa shape index (κ1) is 15.1. The van der Waals surface area contributed by atoms with Crippen molar-refractivity contribution in [2.45, 2.75) is 25.3 Å². The lowest BCUT2D eigenvalue weighted by atomic mass is 9.89. The Morgan fingerprint density at radius 1 is 1.53 bits per heavy atom. The lowest BCUT2D eigenvalue weighted by molar-refractivity contribution is -0.0661. The van der Waals surface area contributed by atoms with Crippen molar-refractivity contribution >= 4 is 26.9 Å². The molecule has 1 N–H and O–H groups in total. The summed E-state index contributed by atoms with van der Waals surface area (Å²) in [5.41, 5.74) is 0.426. The third-order valence-corrected chi connectivity index (χ3v) is 5.07. The number of benzene rings is 1. The number of unbranched alkanes of at least 4 members (excludes halogenated alkanes) is 1. The zero-order valence-electron chi connectivity index (χ0n) is 10.7. The molecule has 6 heteroatoms. The van der Waals surface area contributed by atoms with Gasteiger partial charge in [0.05, 0.1) is 24.2 Å². The molecule has 1 heterocycles. The molecule has 1 unspecified atom stereocenters. The Bertz CT molecular complexity index is 480. The molecular weight excluding hydrogens is 333 g/mol. The van der Waals surface area contributed by atoms with Crippen molar-refractivity contribution in [3.05, 3.63) is 34.1 Å². The second-order valence-electron chi connectivity index (χ2n) is 4.70. The summed E-state index contributed by atoms with van der Waals surface area (Å²) in [5, 5.41) is 0. The van der Waals surface area contributed by atoms with E-state index in [9.17, 15) is 8.60 Å². The SMILES string of the molecule is CCCCS(=O)NC1(c2ccc(F)cc2Br)COC1. The standard InChI is InChI=1S/C13H17BrFNO2S/c1-2-3-6-19(17)16-13(8-18-9-13)11-5-4-10(15)7-12(11)14/h4-5,7,16H,2-3,6,8-9H2,1H3. The predicted octanol–water partition coefficient (Wildman–Crippen LogP) is 2.87. The van der Waals surface area contributed by atoms with Crippen LogP contribution in [0.2, 0.25) is 0 Å². The minimum Gasteiger partial charge on any atom is -0.377 e. The van der Waals surface area contributed by atoms with Crippen molar-refractivity contribution < 1.29 is 13.3 Å². The van der Waals surface area contributed by atoms with Gasteiger partial charge in [-0.3, -0.25) is 0 Å². The lowest BCUT2D eigenvalue weighted by Crippen LogP contribution is -2.58. The van der Waals surface area contributed by atoms with E-state index in [0.717, 1.165) is 18.4 Å². The molecular formula is C13H17BrFNO2S. The summed E-state index contributed by atoms with van der Waals surface area (Å²) < 4.78 is 34.2. The molecule has 0 spiro atoms. The summed E-state index contributed by atoms with van der Waals surface area (Å²) >= 11 is 3.37. The minimum atomic E-state index is -1.10. The molecule has 106 valence electrons. The average molecular weight is 350 g/mol. The Morgan fingerprint density at radius 3 is 2.79 bits per heavy atom. The fraction of sp³-hybridized carbons (Fsp3) is 0.538. The van der Waals surface area contributed by atoms with Gasteiger partial charge in [-0.15, -0.1) is 0 Å². The highest BCUT2D eigenvalue weighted by atomic mass is 79.9. The molecule has 1 aromatic carbocycles. The smallest absolute Gasteiger partial charge is 0.124 e. The molecule has 1 atom stereocenters. The van der Waals surface area contributed by atoms with E-state index in [1.807, 2.05) is 0 Å². The van der Waals surface area contributed by atoms with E-state index in [2.05, 4.69) is 27.6 Å². The van der Waals surface area contributed by atoms with Crippen LogP contribution in [0.25, 0.3) is 0 Å². The summed E-state index contributed by atoms with van der Waals surface area (Å²) in [6.45, 7) is 2.97. The lowest BCUT2D eigenvalue weighted by Gasteiger charge is -2.42. The van der Waals surface area contributed by atoms with Gasteiger partial charge in [0.1, 0.15) is 11.4 Å². The zero-order chi connectivity index (χ0) is 13.9. The number of nitrogens with one attached hydrogen (secondary N) is 1. The molecule has 2 rings (SSSR count). The van der Waals surface area contributed by atoms with Gasteiger partial charge >= 0.3 is 0 Å². The Labute approximate surface area is 123 Å². The Morgan fingerprint density at radius 2 is 2.26 bits per heavy atom. The second kappa shape index (κ2) is 6.43. The van der Waals surface area contributed by atoms with Crippen molar-refractivity contribution in [1.29, 1.82) is 0 Å². The molecule has 0 saturated carbocycles. The molecule has 3 nitrogen and oxygen atoms in total. The fourth-order valence-electron chi connectivity index (χ4n) is 2.00. The second-order valence-corrected chi connectivity index (χ2v) is 6.86. The van der Waals surface area contributed by atoms with Gasteiger partial charge in [-0.2, -0.15) is 0 Å². The van der Waals surface area contributed by atoms with E-state index >= 15 is 0 Å². The largest absolute Gasteiger partial charge is 0.377 e. The van der Waals surface area contributed by atoms with Gasteiger partial charge in [0.25, 0.3) is 0 Å². The van der Waals surface area contributed by atoms with Crippen LogP contribution in [0.4, 0.5) is 4.39 Å². The van der Waals surface area contributed by atoms with Crippen molar-refractivity contribution in [2.24, 2.45) is 0 Å². The van der Waals surface area contributed by atoms with Gasteiger partial charge in [0.15, 0.2) is 0 Å². The highest BCUT2D eigenvalue weighted by Crippen LogP contribution is 2.35. The first-order chi connectivity index (χ1) is 9.07. The maximum absolute atomic E-state index is 13.1. The highest BCUT2D eigenvalue weighted by molar-refractivity contribution is 9.10. The van der Waals surface area contributed by atoms with E-state index in [-0.39, 0.29) is 5.82 Å². The molecule has 0 radical (unpaired) electrons. The van der Waals surface area contributed by atoms with Crippen molar-refractivity contribution in [3.63, 3.8) is 0 Å². The summed E-state index contributed by atoms with van der Waals surface area (Å²) in [6, 6.07) is 4.55. The third-order valence-electron chi connectivity index (χ3n) is 3.14. The molecule has 0 bridgehead atoms. The van der Waals surface area contributed by atoms with Crippen LogP contribution in [-0.2, 0) is 21.3 Å². The van der Waals surface area contributed by atoms with Crippen LogP contribution < -0.4 is 4.72 Å². The van der Waals surface area contributed by atoms with Crippen LogP contribution in [-0.4, -0.2) is 23.2 Å². The predicted molar refractivity (Wildman–Crippen MR) is 77.7 cm³/mol. The zero-order valence-corrected chi connectivity index (χ0v) is 13.2. The minimum absolute atomic E-state index is 0.293. The topological polar surface area (TPSA) is 38.3 Å². The quantitative estimate of drug-likeness (QED) is 0.857. The van der Waals surface area contributed by atoms with Crippen LogP contribution >= 0.6 is 15.9 Å². The molecule has 0 amide bonds. The first-order valence-corrected chi connectivity index (χ1v) is 8.38. The first-order valence-electron chi connectivity index (χ1n) is 6.27. The van der Waals surface area contributed by atoms with Crippen LogP contribution in [0, 0.1) is 5.82 Å². The van der Waals surface area contributed by atoms with E-state index in [1.165, 1.54) is 12.1 Å². The van der Waals surface area contributed by atoms with E-state index in [1.54, 1.807) is 6.07 Å². The number of rotatable bonds is 6. The van der Waals surface area contributed by atoms with Gasteiger partial charge in [-0.25, -0.2) is 13.3 Å². The van der Waals surface area contributed by atoms with Crippen LogP contribution in [0.5, 0.6) is 0 Å². The van der Waals surface area contributed by atoms with E-state index in [4.69, 9.17) is 4.74 Å². The normalized spacial score (nSPS) is 18.9. The van der Waals surface area contributed by atoms with Gasteiger partial charge in [-0.05, 0) is 24.1 Å². The van der Waals surface area contributed by atoms with Crippen molar-refractivity contribution in [3.8, 4) is 0 Å². The molecule has 19 heavy (non-hydrogen) atoms. The van der Waals surface area contributed by atoms with Crippen molar-refractivity contribution in [2.75, 3.05) is 19.0 Å². The Hall–Kier alpha value is -0.300. The molecule has 0 aromatic heterocycles. The fourth-order valence-corrected chi connectivity index (χ4v) is 4.04. The molecule has 1 saturated heterocycles. The van der Waals surface area contributed by atoms with Crippen LogP contribution in [0.15, 0.2) is 22.7 Å². The number of hydrogen-bond donors (Lipinski definition) is 1. The molecule has 1 aliphatic heterocycles. The van der Waals surface area contributed by atoms with Crippen molar-refractivity contribution in [1.82, 2.24) is 4.72 Å². The van der Waals surface area contributed by atoms with Gasteiger partial charge < -0.3 is 4.74 Å². The summed E-state index contributed by atoms with van der Waals surface area (Å²) in [4.78, 5) is 0. The van der Waals surface area contributed by atoms with Gasteiger partial charge in [0.2, 0.25) is 0 Å². The van der Waals surface area contributed by atoms with Gasteiger partial charge in [0, 0.05) is 10.2 Å². The maximum atomic E-state index is 13.1. The molecule has 1 aliphatic rings. The molecule has 1 aromatic rings. The maximum Gasteiger partial charge on any atom is 0.124 e. The van der Waals surface area contributed by atoms with E-state index in [0.29, 0.717) is 23.4 Å². The number of halogens is 2. The third kappa shape index (κ3) is 3.42. The summed E-state index contributed by atoms with van der Waals surface area (Å²) in [5.74, 6) is 0.329. The summed E-state index contributed by atoms with van der Waals surface area (Å²) in [7, 11) is -1.10. The van der Waals surface area contributed by atoms with Crippen LogP contribution in [0.1, 0.15) is 25.3 Å². The monoisotopic (exact) mass is 349 g/mol. The number of ether oxygens (including phenoxy) is 1. The van der Waals surface area contributed by atoms with E-state index < -0.39 is 16.5 Å². The van der Waals surface area contributed by atoms with Gasteiger partial charge in [-0.1, -0.05) is 35.3 Å². The molecule has 0 aliphatic carbocycles. The Balaban J connectivity index is 2.16. The average Bonchev–Trinajstić information content (AvgIpc) is 2.32. The highest BCUT2D eigenvalue weighted by Gasteiger charge is 2.42. The number of hydrogen-bond acceptors (Lipinski definition) is 2. The molecule has 1 fully saturated rings.